The standard InChI is InChI=1S/C19H21ClN2O5/c1-9-16(11(3)23)10(2)21-17(9)19(25)27-12(4)18(24)22-14-8-13(20)6-7-15(14)26-5/h6-8,12,21H,1-5H3,(H,22,24). The molecule has 0 aliphatic rings. The van der Waals surface area contributed by atoms with Gasteiger partial charge in [-0.15, -0.1) is 0 Å². The fourth-order valence-electron chi connectivity index (χ4n) is 2.77. The molecule has 0 saturated carbocycles. The summed E-state index contributed by atoms with van der Waals surface area (Å²) in [5.41, 5.74) is 2.03. The largest absolute Gasteiger partial charge is 0.495 e. The maximum Gasteiger partial charge on any atom is 0.355 e. The summed E-state index contributed by atoms with van der Waals surface area (Å²) >= 11 is 5.94. The minimum absolute atomic E-state index is 0.151. The van der Waals surface area contributed by atoms with E-state index in [9.17, 15) is 14.4 Å². The first-order chi connectivity index (χ1) is 12.6. The molecule has 2 rings (SSSR count). The number of aryl methyl sites for hydroxylation is 1. The van der Waals surface area contributed by atoms with Gasteiger partial charge in [-0.05, 0) is 51.5 Å². The molecule has 0 aliphatic heterocycles. The molecular weight excluding hydrogens is 372 g/mol. The van der Waals surface area contributed by atoms with E-state index in [-0.39, 0.29) is 11.5 Å². The number of ether oxygens (including phenoxy) is 2. The third-order valence-electron chi connectivity index (χ3n) is 4.07. The lowest BCUT2D eigenvalue weighted by Gasteiger charge is -2.15. The van der Waals surface area contributed by atoms with Crippen LogP contribution >= 0.6 is 11.6 Å². The van der Waals surface area contributed by atoms with Crippen LogP contribution in [0.3, 0.4) is 0 Å². The predicted octanol–water partition coefficient (Wildman–Crippen LogP) is 3.68. The van der Waals surface area contributed by atoms with Gasteiger partial charge < -0.3 is 19.8 Å². The molecule has 0 bridgehead atoms. The Labute approximate surface area is 162 Å². The Balaban J connectivity index is 2.13. The first kappa shape index (κ1) is 20.5. The number of aromatic nitrogens is 1. The molecule has 0 spiro atoms. The Hall–Kier alpha value is -2.80. The molecular formula is C19H21ClN2O5. The number of benzene rings is 1. The highest BCUT2D eigenvalue weighted by atomic mass is 35.5. The van der Waals surface area contributed by atoms with Crippen molar-refractivity contribution in [2.45, 2.75) is 33.8 Å². The van der Waals surface area contributed by atoms with Crippen LogP contribution in [-0.4, -0.2) is 35.9 Å². The van der Waals surface area contributed by atoms with E-state index in [1.54, 1.807) is 26.0 Å². The van der Waals surface area contributed by atoms with Crippen LogP contribution in [0.15, 0.2) is 18.2 Å². The summed E-state index contributed by atoms with van der Waals surface area (Å²) in [4.78, 5) is 39.3. The van der Waals surface area contributed by atoms with E-state index in [1.807, 2.05) is 0 Å². The fourth-order valence-corrected chi connectivity index (χ4v) is 2.94. The number of esters is 1. The molecule has 0 saturated heterocycles. The molecule has 1 aromatic carbocycles. The number of halogens is 1. The van der Waals surface area contributed by atoms with Crippen molar-refractivity contribution in [2.24, 2.45) is 0 Å². The monoisotopic (exact) mass is 392 g/mol. The van der Waals surface area contributed by atoms with Crippen LogP contribution in [0.2, 0.25) is 5.02 Å². The molecule has 27 heavy (non-hydrogen) atoms. The van der Waals surface area contributed by atoms with Crippen molar-refractivity contribution in [3.63, 3.8) is 0 Å². The molecule has 0 aliphatic carbocycles. The summed E-state index contributed by atoms with van der Waals surface area (Å²) in [7, 11) is 1.46. The molecule has 1 amide bonds. The highest BCUT2D eigenvalue weighted by molar-refractivity contribution is 6.31. The average molecular weight is 393 g/mol. The van der Waals surface area contributed by atoms with E-state index in [1.165, 1.54) is 27.0 Å². The Bertz CT molecular complexity index is 904. The van der Waals surface area contributed by atoms with E-state index in [0.717, 1.165) is 0 Å². The molecule has 0 fully saturated rings. The number of hydrogen-bond donors (Lipinski definition) is 2. The van der Waals surface area contributed by atoms with Crippen LogP contribution in [0.4, 0.5) is 5.69 Å². The van der Waals surface area contributed by atoms with Gasteiger partial charge in [0, 0.05) is 16.3 Å². The lowest BCUT2D eigenvalue weighted by molar-refractivity contribution is -0.123. The van der Waals surface area contributed by atoms with Crippen LogP contribution in [-0.2, 0) is 9.53 Å². The van der Waals surface area contributed by atoms with Crippen LogP contribution in [0.5, 0.6) is 5.75 Å². The van der Waals surface area contributed by atoms with Crippen LogP contribution in [0, 0.1) is 13.8 Å². The summed E-state index contributed by atoms with van der Waals surface area (Å²) < 4.78 is 10.4. The van der Waals surface area contributed by atoms with Crippen molar-refractivity contribution in [1.29, 1.82) is 0 Å². The van der Waals surface area contributed by atoms with Crippen molar-refractivity contribution in [3.05, 3.63) is 45.7 Å². The van der Waals surface area contributed by atoms with E-state index >= 15 is 0 Å². The summed E-state index contributed by atoms with van der Waals surface area (Å²) in [6.45, 7) is 6.22. The summed E-state index contributed by atoms with van der Waals surface area (Å²) in [5.74, 6) is -0.993. The molecule has 2 aromatic rings. The number of anilines is 1. The first-order valence-corrected chi connectivity index (χ1v) is 8.59. The molecule has 1 unspecified atom stereocenters. The lowest BCUT2D eigenvalue weighted by Crippen LogP contribution is -2.30. The maximum absolute atomic E-state index is 12.4. The lowest BCUT2D eigenvalue weighted by atomic mass is 10.1. The van der Waals surface area contributed by atoms with Gasteiger partial charge in [0.25, 0.3) is 5.91 Å². The highest BCUT2D eigenvalue weighted by Crippen LogP contribution is 2.28. The fraction of sp³-hybridized carbons (Fsp3) is 0.316. The molecule has 1 aromatic heterocycles. The van der Waals surface area contributed by atoms with Crippen LogP contribution in [0.1, 0.15) is 46.0 Å². The van der Waals surface area contributed by atoms with Gasteiger partial charge in [0.2, 0.25) is 0 Å². The van der Waals surface area contributed by atoms with Gasteiger partial charge in [-0.2, -0.15) is 0 Å². The minimum Gasteiger partial charge on any atom is -0.495 e. The average Bonchev–Trinajstić information content (AvgIpc) is 2.89. The molecule has 1 atom stereocenters. The van der Waals surface area contributed by atoms with E-state index in [0.29, 0.717) is 33.3 Å². The maximum atomic E-state index is 12.4. The van der Waals surface area contributed by atoms with Crippen LogP contribution < -0.4 is 10.1 Å². The number of H-pyrrole nitrogens is 1. The second-order valence-electron chi connectivity index (χ2n) is 6.06. The van der Waals surface area contributed by atoms with Gasteiger partial charge in [0.05, 0.1) is 12.8 Å². The zero-order valence-corrected chi connectivity index (χ0v) is 16.5. The number of carbonyl (C=O) groups excluding carboxylic acids is 3. The quantitative estimate of drug-likeness (QED) is 0.577. The predicted molar refractivity (Wildman–Crippen MR) is 102 cm³/mol. The molecule has 7 nitrogen and oxygen atoms in total. The molecule has 0 radical (unpaired) electrons. The number of ketones is 1. The smallest absolute Gasteiger partial charge is 0.355 e. The number of aromatic amines is 1. The number of carbonyl (C=O) groups is 3. The van der Waals surface area contributed by atoms with Crippen molar-refractivity contribution < 1.29 is 23.9 Å². The normalized spacial score (nSPS) is 11.6. The van der Waals surface area contributed by atoms with Gasteiger partial charge in [0.15, 0.2) is 11.9 Å². The third-order valence-corrected chi connectivity index (χ3v) is 4.30. The Morgan fingerprint density at radius 2 is 1.89 bits per heavy atom. The highest BCUT2D eigenvalue weighted by Gasteiger charge is 2.25. The van der Waals surface area contributed by atoms with Crippen molar-refractivity contribution in [3.8, 4) is 5.75 Å². The minimum atomic E-state index is -1.08. The summed E-state index contributed by atoms with van der Waals surface area (Å²) in [6, 6.07) is 4.77. The number of Topliss-reactive ketones (excluding diaryl/α,β-unsaturated/α-hetero) is 1. The molecule has 8 heteroatoms. The third kappa shape index (κ3) is 4.49. The topological polar surface area (TPSA) is 97.5 Å². The second kappa shape index (κ2) is 8.26. The SMILES string of the molecule is COc1ccc(Cl)cc1NC(=O)C(C)OC(=O)c1[nH]c(C)c(C(C)=O)c1C. The number of methoxy groups -OCH3 is 1. The second-order valence-corrected chi connectivity index (χ2v) is 6.50. The van der Waals surface area contributed by atoms with E-state index in [4.69, 9.17) is 21.1 Å². The van der Waals surface area contributed by atoms with Gasteiger partial charge >= 0.3 is 5.97 Å². The first-order valence-electron chi connectivity index (χ1n) is 8.21. The van der Waals surface area contributed by atoms with Gasteiger partial charge in [-0.1, -0.05) is 11.6 Å². The van der Waals surface area contributed by atoms with Gasteiger partial charge in [-0.3, -0.25) is 9.59 Å². The Morgan fingerprint density at radius 1 is 1.22 bits per heavy atom. The Kier molecular flexibility index (Phi) is 6.28. The van der Waals surface area contributed by atoms with Crippen LogP contribution in [0.25, 0.3) is 0 Å². The number of hydrogen-bond acceptors (Lipinski definition) is 5. The van der Waals surface area contributed by atoms with Gasteiger partial charge in [-0.25, -0.2) is 4.79 Å². The van der Waals surface area contributed by atoms with E-state index in [2.05, 4.69) is 10.3 Å². The zero-order chi connectivity index (χ0) is 20.3. The summed E-state index contributed by atoms with van der Waals surface area (Å²) in [6.07, 6.45) is -1.08. The summed E-state index contributed by atoms with van der Waals surface area (Å²) in [5, 5.41) is 3.04. The number of amides is 1. The van der Waals surface area contributed by atoms with Crippen molar-refractivity contribution >= 4 is 34.9 Å². The molecule has 2 N–H and O–H groups in total. The van der Waals surface area contributed by atoms with Gasteiger partial charge in [0.1, 0.15) is 11.4 Å². The Morgan fingerprint density at radius 3 is 2.44 bits per heavy atom. The van der Waals surface area contributed by atoms with Crippen molar-refractivity contribution in [1.82, 2.24) is 4.98 Å². The van der Waals surface area contributed by atoms with Crippen molar-refractivity contribution in [2.75, 3.05) is 12.4 Å². The molecule has 1 heterocycles. The number of rotatable bonds is 6. The van der Waals surface area contributed by atoms with E-state index < -0.39 is 18.0 Å². The number of nitrogens with one attached hydrogen (secondary N) is 2. The zero-order valence-electron chi connectivity index (χ0n) is 15.7. The molecule has 144 valence electrons.